The molecule has 0 radical (unpaired) electrons. The maximum atomic E-state index is 12.7. The molecule has 0 atom stereocenters. The molecule has 0 saturated carbocycles. The van der Waals surface area contributed by atoms with Gasteiger partial charge >= 0.3 is 0 Å². The zero-order valence-electron chi connectivity index (χ0n) is 14.0. The van der Waals surface area contributed by atoms with Crippen LogP contribution in [0.1, 0.15) is 0 Å². The molecular formula is C19H18N2O4S. The fourth-order valence-corrected chi connectivity index (χ4v) is 4.55. The van der Waals surface area contributed by atoms with Crippen LogP contribution in [0.2, 0.25) is 0 Å². The molecule has 1 aliphatic heterocycles. The molecule has 0 spiro atoms. The van der Waals surface area contributed by atoms with E-state index in [2.05, 4.69) is 0 Å². The molecule has 134 valence electrons. The minimum absolute atomic E-state index is 0.0386. The number of benzene rings is 2. The van der Waals surface area contributed by atoms with Crippen molar-refractivity contribution in [3.8, 4) is 5.69 Å². The Morgan fingerprint density at radius 2 is 1.58 bits per heavy atom. The summed E-state index contributed by atoms with van der Waals surface area (Å²) in [5.74, 6) is 0. The first-order chi connectivity index (χ1) is 12.6. The van der Waals surface area contributed by atoms with E-state index >= 15 is 0 Å². The summed E-state index contributed by atoms with van der Waals surface area (Å²) in [6.07, 6.45) is 1.70. The second-order valence-electron chi connectivity index (χ2n) is 6.08. The number of morpholine rings is 1. The number of rotatable bonds is 3. The Bertz CT molecular complexity index is 1100. The summed E-state index contributed by atoms with van der Waals surface area (Å²) >= 11 is 0. The van der Waals surface area contributed by atoms with E-state index in [0.717, 1.165) is 11.2 Å². The summed E-state index contributed by atoms with van der Waals surface area (Å²) < 4.78 is 34.0. The monoisotopic (exact) mass is 370 g/mol. The number of para-hydroxylation sites is 1. The molecule has 26 heavy (non-hydrogen) atoms. The van der Waals surface area contributed by atoms with Crippen LogP contribution in [0.3, 0.4) is 0 Å². The van der Waals surface area contributed by atoms with Crippen LogP contribution in [-0.4, -0.2) is 43.6 Å². The molecule has 2 heterocycles. The molecule has 7 heteroatoms. The fourth-order valence-electron chi connectivity index (χ4n) is 3.14. The first-order valence-corrected chi connectivity index (χ1v) is 9.80. The molecule has 1 aromatic heterocycles. The van der Waals surface area contributed by atoms with Crippen LogP contribution in [0, 0.1) is 0 Å². The fraction of sp³-hybridized carbons (Fsp3) is 0.211. The molecular weight excluding hydrogens is 352 g/mol. The molecule has 1 saturated heterocycles. The van der Waals surface area contributed by atoms with Crippen molar-refractivity contribution < 1.29 is 13.2 Å². The molecule has 3 aromatic rings. The molecule has 2 aromatic carbocycles. The quantitative estimate of drug-likeness (QED) is 0.707. The Balaban J connectivity index is 1.73. The van der Waals surface area contributed by atoms with E-state index in [1.165, 1.54) is 10.4 Å². The highest BCUT2D eigenvalue weighted by Crippen LogP contribution is 2.21. The first-order valence-electron chi connectivity index (χ1n) is 8.36. The second kappa shape index (κ2) is 6.68. The van der Waals surface area contributed by atoms with Gasteiger partial charge in [-0.3, -0.25) is 4.79 Å². The molecule has 1 aliphatic rings. The van der Waals surface area contributed by atoms with Crippen molar-refractivity contribution >= 4 is 20.9 Å². The highest BCUT2D eigenvalue weighted by molar-refractivity contribution is 7.89. The lowest BCUT2D eigenvalue weighted by Gasteiger charge is -2.26. The molecule has 4 rings (SSSR count). The Kier molecular flexibility index (Phi) is 4.36. The summed E-state index contributed by atoms with van der Waals surface area (Å²) in [5.41, 5.74) is 1.54. The predicted molar refractivity (Wildman–Crippen MR) is 99.1 cm³/mol. The van der Waals surface area contributed by atoms with Crippen LogP contribution in [0.15, 0.2) is 70.5 Å². The largest absolute Gasteiger partial charge is 0.379 e. The summed E-state index contributed by atoms with van der Waals surface area (Å²) in [4.78, 5) is 12.3. The van der Waals surface area contributed by atoms with Crippen LogP contribution < -0.4 is 5.43 Å². The van der Waals surface area contributed by atoms with E-state index in [1.807, 2.05) is 22.8 Å². The first kappa shape index (κ1) is 17.0. The molecule has 6 nitrogen and oxygen atoms in total. The van der Waals surface area contributed by atoms with Crippen LogP contribution >= 0.6 is 0 Å². The van der Waals surface area contributed by atoms with Crippen LogP contribution in [-0.2, 0) is 14.8 Å². The Morgan fingerprint density at radius 1 is 0.885 bits per heavy atom. The van der Waals surface area contributed by atoms with Crippen molar-refractivity contribution in [2.45, 2.75) is 4.90 Å². The lowest BCUT2D eigenvalue weighted by Crippen LogP contribution is -2.40. The third-order valence-electron chi connectivity index (χ3n) is 4.53. The summed E-state index contributed by atoms with van der Waals surface area (Å²) in [6, 6.07) is 15.6. The molecule has 1 fully saturated rings. The van der Waals surface area contributed by atoms with E-state index in [4.69, 9.17) is 4.74 Å². The highest BCUT2D eigenvalue weighted by Gasteiger charge is 2.26. The maximum absolute atomic E-state index is 12.7. The third-order valence-corrected chi connectivity index (χ3v) is 6.44. The van der Waals surface area contributed by atoms with Crippen LogP contribution in [0.4, 0.5) is 0 Å². The molecule has 0 amide bonds. The number of fused-ring (bicyclic) bond motifs is 1. The van der Waals surface area contributed by atoms with Crippen molar-refractivity contribution in [3.05, 3.63) is 71.0 Å². The maximum Gasteiger partial charge on any atom is 0.243 e. The van der Waals surface area contributed by atoms with E-state index in [1.54, 1.807) is 36.5 Å². The van der Waals surface area contributed by atoms with Gasteiger partial charge in [-0.1, -0.05) is 12.1 Å². The van der Waals surface area contributed by atoms with Crippen LogP contribution in [0.25, 0.3) is 16.6 Å². The van der Waals surface area contributed by atoms with Crippen molar-refractivity contribution in [2.24, 2.45) is 0 Å². The average molecular weight is 370 g/mol. The minimum atomic E-state index is -3.52. The number of nitrogens with zero attached hydrogens (tertiary/aromatic N) is 2. The van der Waals surface area contributed by atoms with Crippen LogP contribution in [0.5, 0.6) is 0 Å². The smallest absolute Gasteiger partial charge is 0.243 e. The van der Waals surface area contributed by atoms with Crippen molar-refractivity contribution in [1.82, 2.24) is 8.87 Å². The molecule has 0 bridgehead atoms. The van der Waals surface area contributed by atoms with Gasteiger partial charge in [0, 0.05) is 36.4 Å². The topological polar surface area (TPSA) is 68.6 Å². The van der Waals surface area contributed by atoms with Gasteiger partial charge in [0.05, 0.1) is 23.6 Å². The van der Waals surface area contributed by atoms with Gasteiger partial charge in [0.15, 0.2) is 5.43 Å². The number of pyridine rings is 1. The van der Waals surface area contributed by atoms with Gasteiger partial charge in [0.2, 0.25) is 10.0 Å². The van der Waals surface area contributed by atoms with Crippen molar-refractivity contribution in [1.29, 1.82) is 0 Å². The van der Waals surface area contributed by atoms with E-state index in [0.29, 0.717) is 31.7 Å². The normalized spacial score (nSPS) is 16.0. The summed E-state index contributed by atoms with van der Waals surface area (Å²) in [6.45, 7) is 1.57. The summed E-state index contributed by atoms with van der Waals surface area (Å²) in [7, 11) is -3.52. The zero-order valence-corrected chi connectivity index (χ0v) is 14.9. The highest BCUT2D eigenvalue weighted by atomic mass is 32.2. The van der Waals surface area contributed by atoms with Gasteiger partial charge in [-0.2, -0.15) is 4.31 Å². The van der Waals surface area contributed by atoms with Crippen molar-refractivity contribution in [3.63, 3.8) is 0 Å². The van der Waals surface area contributed by atoms with Gasteiger partial charge in [0.25, 0.3) is 0 Å². The third kappa shape index (κ3) is 2.94. The van der Waals surface area contributed by atoms with Gasteiger partial charge in [-0.15, -0.1) is 0 Å². The Labute approximate surface area is 151 Å². The molecule has 0 unspecified atom stereocenters. The number of sulfonamides is 1. The Hall–Kier alpha value is -2.48. The minimum Gasteiger partial charge on any atom is -0.379 e. The number of ether oxygens (including phenoxy) is 1. The van der Waals surface area contributed by atoms with E-state index in [9.17, 15) is 13.2 Å². The predicted octanol–water partition coefficient (Wildman–Crippen LogP) is 2.01. The van der Waals surface area contributed by atoms with Gasteiger partial charge in [-0.05, 0) is 36.4 Å². The molecule has 0 N–H and O–H groups in total. The van der Waals surface area contributed by atoms with Gasteiger partial charge in [-0.25, -0.2) is 8.42 Å². The second-order valence-corrected chi connectivity index (χ2v) is 8.02. The van der Waals surface area contributed by atoms with E-state index in [-0.39, 0.29) is 10.3 Å². The average Bonchev–Trinajstić information content (AvgIpc) is 2.69. The lowest BCUT2D eigenvalue weighted by molar-refractivity contribution is 0.0730. The van der Waals surface area contributed by atoms with Crippen molar-refractivity contribution in [2.75, 3.05) is 26.3 Å². The lowest BCUT2D eigenvalue weighted by atomic mass is 10.2. The van der Waals surface area contributed by atoms with Gasteiger partial charge in [0.1, 0.15) is 0 Å². The SMILES string of the molecule is O=c1ccn(-c2ccc(S(=O)(=O)N3CCOCC3)cc2)c2ccccc12. The number of hydrogen-bond acceptors (Lipinski definition) is 4. The summed E-state index contributed by atoms with van der Waals surface area (Å²) in [5, 5.41) is 0.625. The standard InChI is InChI=1S/C19H18N2O4S/c22-19-9-10-21(18-4-2-1-3-17(18)19)15-5-7-16(8-6-15)26(23,24)20-11-13-25-14-12-20/h1-10H,11-14H2. The Morgan fingerprint density at radius 3 is 2.31 bits per heavy atom. The number of aromatic nitrogens is 1. The number of hydrogen-bond donors (Lipinski definition) is 0. The zero-order chi connectivity index (χ0) is 18.1. The van der Waals surface area contributed by atoms with E-state index < -0.39 is 10.0 Å². The molecule has 0 aliphatic carbocycles. The van der Waals surface area contributed by atoms with Gasteiger partial charge < -0.3 is 9.30 Å².